The first-order chi connectivity index (χ1) is 9.04. The second-order valence-corrected chi connectivity index (χ2v) is 4.54. The normalized spacial score (nSPS) is 10.7. The molecular weight excluding hydrogens is 242 g/mol. The van der Waals surface area contributed by atoms with Crippen molar-refractivity contribution in [3.05, 3.63) is 35.4 Å². The maximum absolute atomic E-state index is 11.0. The summed E-state index contributed by atoms with van der Waals surface area (Å²) in [5, 5.41) is 13.5. The molecule has 0 aliphatic heterocycles. The van der Waals surface area contributed by atoms with Crippen molar-refractivity contribution in [3.63, 3.8) is 0 Å². The Morgan fingerprint density at radius 1 is 1.37 bits per heavy atom. The Labute approximate surface area is 111 Å². The average molecular weight is 259 g/mol. The molecule has 0 fully saturated rings. The number of hydrogen-bond acceptors (Lipinski definition) is 3. The van der Waals surface area contributed by atoms with Crippen LogP contribution in [0.4, 0.5) is 0 Å². The Morgan fingerprint density at radius 3 is 2.74 bits per heavy atom. The third-order valence-corrected chi connectivity index (χ3v) is 3.09. The minimum Gasteiger partial charge on any atom is -0.478 e. The van der Waals surface area contributed by atoms with Crippen LogP contribution in [0.15, 0.2) is 18.5 Å². The zero-order valence-corrected chi connectivity index (χ0v) is 11.3. The van der Waals surface area contributed by atoms with Gasteiger partial charge < -0.3 is 5.11 Å². The van der Waals surface area contributed by atoms with Gasteiger partial charge in [0.1, 0.15) is 0 Å². The first-order valence-electron chi connectivity index (χ1n) is 6.27. The maximum Gasteiger partial charge on any atom is 0.337 e. The Kier molecular flexibility index (Phi) is 3.64. The second-order valence-electron chi connectivity index (χ2n) is 4.54. The summed E-state index contributed by atoms with van der Waals surface area (Å²) in [7, 11) is 0. The Bertz CT molecular complexity index is 617. The summed E-state index contributed by atoms with van der Waals surface area (Å²) in [6, 6.07) is 1.64. The molecule has 0 atom stereocenters. The predicted molar refractivity (Wildman–Crippen MR) is 72.2 cm³/mol. The molecule has 0 aliphatic rings. The zero-order valence-electron chi connectivity index (χ0n) is 11.3. The van der Waals surface area contributed by atoms with Gasteiger partial charge >= 0.3 is 5.97 Å². The van der Waals surface area contributed by atoms with Crippen molar-refractivity contribution < 1.29 is 9.90 Å². The van der Waals surface area contributed by atoms with E-state index in [-0.39, 0.29) is 5.56 Å². The van der Waals surface area contributed by atoms with E-state index in [1.807, 2.05) is 18.5 Å². The van der Waals surface area contributed by atoms with E-state index in [1.165, 1.54) is 6.20 Å². The number of carboxylic acids is 1. The number of pyridine rings is 1. The van der Waals surface area contributed by atoms with Crippen molar-refractivity contribution in [3.8, 4) is 11.1 Å². The van der Waals surface area contributed by atoms with Crippen molar-refractivity contribution in [2.45, 2.75) is 33.7 Å². The molecule has 1 N–H and O–H groups in total. The molecule has 0 spiro atoms. The molecule has 0 saturated carbocycles. The first kappa shape index (κ1) is 13.3. The molecule has 0 unspecified atom stereocenters. The fourth-order valence-corrected chi connectivity index (χ4v) is 2.24. The summed E-state index contributed by atoms with van der Waals surface area (Å²) in [5.74, 6) is -0.967. The lowest BCUT2D eigenvalue weighted by Crippen LogP contribution is -2.01. The van der Waals surface area contributed by atoms with Gasteiger partial charge in [0, 0.05) is 35.8 Å². The molecule has 2 rings (SSSR count). The number of carboxylic acid groups (broad SMARTS) is 1. The van der Waals surface area contributed by atoms with Crippen LogP contribution in [-0.2, 0) is 6.54 Å². The quantitative estimate of drug-likeness (QED) is 0.916. The minimum absolute atomic E-state index is 0.194. The SMILES string of the molecule is CCCn1nc(C)c(-c2cncc(C(=O)O)c2)c1C. The molecular formula is C14H17N3O2. The highest BCUT2D eigenvalue weighted by molar-refractivity contribution is 5.89. The average Bonchev–Trinajstić information content (AvgIpc) is 2.65. The summed E-state index contributed by atoms with van der Waals surface area (Å²) < 4.78 is 1.96. The fraction of sp³-hybridized carbons (Fsp3) is 0.357. The lowest BCUT2D eigenvalue weighted by atomic mass is 10.0. The topological polar surface area (TPSA) is 68.0 Å². The Balaban J connectivity index is 2.52. The number of nitrogens with zero attached hydrogens (tertiary/aromatic N) is 3. The third kappa shape index (κ3) is 2.50. The molecule has 5 nitrogen and oxygen atoms in total. The third-order valence-electron chi connectivity index (χ3n) is 3.09. The van der Waals surface area contributed by atoms with Gasteiger partial charge in [-0.2, -0.15) is 5.10 Å². The van der Waals surface area contributed by atoms with Gasteiger partial charge in [-0.3, -0.25) is 9.67 Å². The van der Waals surface area contributed by atoms with Crippen LogP contribution in [0.3, 0.4) is 0 Å². The van der Waals surface area contributed by atoms with Gasteiger partial charge in [0.2, 0.25) is 0 Å². The molecule has 2 aromatic heterocycles. The minimum atomic E-state index is -0.967. The molecule has 0 amide bonds. The second kappa shape index (κ2) is 5.22. The molecule has 100 valence electrons. The van der Waals surface area contributed by atoms with E-state index >= 15 is 0 Å². The first-order valence-corrected chi connectivity index (χ1v) is 6.27. The van der Waals surface area contributed by atoms with Crippen LogP contribution < -0.4 is 0 Å². The van der Waals surface area contributed by atoms with Gasteiger partial charge in [0.25, 0.3) is 0 Å². The molecule has 0 aliphatic carbocycles. The monoisotopic (exact) mass is 259 g/mol. The van der Waals surface area contributed by atoms with Crippen molar-refractivity contribution >= 4 is 5.97 Å². The number of aromatic nitrogens is 3. The lowest BCUT2D eigenvalue weighted by molar-refractivity contribution is 0.0696. The summed E-state index contributed by atoms with van der Waals surface area (Å²) in [6.45, 7) is 6.89. The van der Waals surface area contributed by atoms with Crippen LogP contribution in [0.1, 0.15) is 35.1 Å². The summed E-state index contributed by atoms with van der Waals surface area (Å²) in [4.78, 5) is 15.0. The summed E-state index contributed by atoms with van der Waals surface area (Å²) in [6.07, 6.45) is 4.04. The van der Waals surface area contributed by atoms with Crippen molar-refractivity contribution in [1.82, 2.24) is 14.8 Å². The highest BCUT2D eigenvalue weighted by Gasteiger charge is 2.14. The van der Waals surface area contributed by atoms with Crippen molar-refractivity contribution in [2.24, 2.45) is 0 Å². The molecule has 0 saturated heterocycles. The molecule has 0 aromatic carbocycles. The number of carbonyl (C=O) groups is 1. The van der Waals surface area contributed by atoms with E-state index in [0.717, 1.165) is 35.5 Å². The number of rotatable bonds is 4. The van der Waals surface area contributed by atoms with Crippen molar-refractivity contribution in [2.75, 3.05) is 0 Å². The molecule has 19 heavy (non-hydrogen) atoms. The number of aryl methyl sites for hydroxylation is 2. The van der Waals surface area contributed by atoms with Gasteiger partial charge in [-0.25, -0.2) is 4.79 Å². The van der Waals surface area contributed by atoms with E-state index < -0.39 is 5.97 Å². The van der Waals surface area contributed by atoms with Gasteiger partial charge in [-0.05, 0) is 26.3 Å². The van der Waals surface area contributed by atoms with E-state index in [4.69, 9.17) is 5.11 Å². The van der Waals surface area contributed by atoms with Crippen LogP contribution >= 0.6 is 0 Å². The summed E-state index contributed by atoms with van der Waals surface area (Å²) >= 11 is 0. The molecule has 5 heteroatoms. The van der Waals surface area contributed by atoms with Crippen LogP contribution in [0.25, 0.3) is 11.1 Å². The van der Waals surface area contributed by atoms with Crippen molar-refractivity contribution in [1.29, 1.82) is 0 Å². The summed E-state index contributed by atoms with van der Waals surface area (Å²) in [5.41, 5.74) is 3.92. The van der Waals surface area contributed by atoms with Crippen LogP contribution in [0.2, 0.25) is 0 Å². The number of aromatic carboxylic acids is 1. The van der Waals surface area contributed by atoms with Gasteiger partial charge in [-0.1, -0.05) is 6.92 Å². The van der Waals surface area contributed by atoms with E-state index in [9.17, 15) is 4.79 Å². The molecule has 0 radical (unpaired) electrons. The smallest absolute Gasteiger partial charge is 0.337 e. The Morgan fingerprint density at radius 2 is 2.11 bits per heavy atom. The van der Waals surface area contributed by atoms with Gasteiger partial charge in [0.15, 0.2) is 0 Å². The standard InChI is InChI=1S/C14H17N3O2/c1-4-5-17-10(3)13(9(2)16-17)11-6-12(14(18)19)8-15-7-11/h6-8H,4-5H2,1-3H3,(H,18,19). The molecule has 2 heterocycles. The maximum atomic E-state index is 11.0. The lowest BCUT2D eigenvalue weighted by Gasteiger charge is -2.04. The Hall–Kier alpha value is -2.17. The highest BCUT2D eigenvalue weighted by atomic mass is 16.4. The number of hydrogen-bond donors (Lipinski definition) is 1. The van der Waals surface area contributed by atoms with Crippen LogP contribution in [0.5, 0.6) is 0 Å². The fourth-order valence-electron chi connectivity index (χ4n) is 2.24. The van der Waals surface area contributed by atoms with E-state index in [2.05, 4.69) is 17.0 Å². The van der Waals surface area contributed by atoms with E-state index in [1.54, 1.807) is 12.3 Å². The van der Waals surface area contributed by atoms with Crippen LogP contribution in [0, 0.1) is 13.8 Å². The highest BCUT2D eigenvalue weighted by Crippen LogP contribution is 2.27. The zero-order chi connectivity index (χ0) is 14.0. The van der Waals surface area contributed by atoms with Gasteiger partial charge in [0.05, 0.1) is 11.3 Å². The van der Waals surface area contributed by atoms with Crippen LogP contribution in [-0.4, -0.2) is 25.8 Å². The van der Waals surface area contributed by atoms with E-state index in [0.29, 0.717) is 0 Å². The molecule has 0 bridgehead atoms. The molecule has 2 aromatic rings. The predicted octanol–water partition coefficient (Wildman–Crippen LogP) is 2.67. The van der Waals surface area contributed by atoms with Gasteiger partial charge in [-0.15, -0.1) is 0 Å². The largest absolute Gasteiger partial charge is 0.478 e.